The highest BCUT2D eigenvalue weighted by Gasteiger charge is 2.30. The molecular formula is C16H13BrF3NO. The van der Waals surface area contributed by atoms with Gasteiger partial charge in [-0.2, -0.15) is 13.2 Å². The lowest BCUT2D eigenvalue weighted by atomic mass is 10.1. The number of nitrogens with one attached hydrogen (secondary N) is 1. The van der Waals surface area contributed by atoms with Crippen molar-refractivity contribution < 1.29 is 18.0 Å². The third-order valence-electron chi connectivity index (χ3n) is 3.08. The SMILES string of the molecule is O=C(NCC(Br)c1ccccc1)c1ccc(C(F)(F)F)cc1. The Bertz CT molecular complexity index is 626. The lowest BCUT2D eigenvalue weighted by molar-refractivity contribution is -0.137. The average Bonchev–Trinajstić information content (AvgIpc) is 2.52. The lowest BCUT2D eigenvalue weighted by Gasteiger charge is -2.12. The first-order valence-corrected chi connectivity index (χ1v) is 7.44. The van der Waals surface area contributed by atoms with Gasteiger partial charge in [0.1, 0.15) is 0 Å². The smallest absolute Gasteiger partial charge is 0.351 e. The van der Waals surface area contributed by atoms with E-state index in [0.717, 1.165) is 17.7 Å². The first kappa shape index (κ1) is 16.5. The van der Waals surface area contributed by atoms with Gasteiger partial charge in [-0.05, 0) is 29.8 Å². The summed E-state index contributed by atoms with van der Waals surface area (Å²) in [6, 6.07) is 13.7. The molecule has 0 aliphatic heterocycles. The minimum Gasteiger partial charge on any atom is -0.351 e. The maximum absolute atomic E-state index is 12.5. The van der Waals surface area contributed by atoms with Crippen LogP contribution in [0.3, 0.4) is 0 Å². The molecular weight excluding hydrogens is 359 g/mol. The fourth-order valence-corrected chi connectivity index (χ4v) is 2.34. The summed E-state index contributed by atoms with van der Waals surface area (Å²) >= 11 is 3.46. The van der Waals surface area contributed by atoms with Crippen LogP contribution in [0.1, 0.15) is 26.3 Å². The van der Waals surface area contributed by atoms with Crippen molar-refractivity contribution in [1.82, 2.24) is 5.32 Å². The zero-order valence-corrected chi connectivity index (χ0v) is 13.0. The molecule has 1 unspecified atom stereocenters. The second-order valence-electron chi connectivity index (χ2n) is 4.66. The summed E-state index contributed by atoms with van der Waals surface area (Å²) in [7, 11) is 0. The molecule has 0 heterocycles. The summed E-state index contributed by atoms with van der Waals surface area (Å²) in [5, 5.41) is 2.69. The molecule has 22 heavy (non-hydrogen) atoms. The van der Waals surface area contributed by atoms with Gasteiger partial charge in [0.15, 0.2) is 0 Å². The second-order valence-corrected chi connectivity index (χ2v) is 5.77. The van der Waals surface area contributed by atoms with Crippen molar-refractivity contribution in [2.45, 2.75) is 11.0 Å². The van der Waals surface area contributed by atoms with Crippen molar-refractivity contribution in [3.63, 3.8) is 0 Å². The van der Waals surface area contributed by atoms with E-state index in [1.54, 1.807) is 0 Å². The van der Waals surface area contributed by atoms with Gasteiger partial charge in [-0.25, -0.2) is 0 Å². The largest absolute Gasteiger partial charge is 0.416 e. The van der Waals surface area contributed by atoms with E-state index in [1.807, 2.05) is 30.3 Å². The molecule has 1 atom stereocenters. The number of hydrogen-bond donors (Lipinski definition) is 1. The molecule has 0 aliphatic rings. The molecule has 2 aromatic rings. The van der Waals surface area contributed by atoms with Crippen LogP contribution < -0.4 is 5.32 Å². The van der Waals surface area contributed by atoms with Crippen LogP contribution in [-0.4, -0.2) is 12.5 Å². The van der Waals surface area contributed by atoms with E-state index in [2.05, 4.69) is 21.2 Å². The number of benzene rings is 2. The van der Waals surface area contributed by atoms with Crippen molar-refractivity contribution in [2.24, 2.45) is 0 Å². The van der Waals surface area contributed by atoms with Gasteiger partial charge in [-0.3, -0.25) is 4.79 Å². The predicted molar refractivity (Wildman–Crippen MR) is 81.9 cm³/mol. The maximum Gasteiger partial charge on any atom is 0.416 e. The van der Waals surface area contributed by atoms with Gasteiger partial charge in [-0.1, -0.05) is 46.3 Å². The van der Waals surface area contributed by atoms with Gasteiger partial charge < -0.3 is 5.32 Å². The van der Waals surface area contributed by atoms with Crippen molar-refractivity contribution in [1.29, 1.82) is 0 Å². The van der Waals surface area contributed by atoms with Gasteiger partial charge in [0.25, 0.3) is 5.91 Å². The highest BCUT2D eigenvalue weighted by atomic mass is 79.9. The Kier molecular flexibility index (Phi) is 5.24. The molecule has 0 aliphatic carbocycles. The molecule has 2 aromatic carbocycles. The molecule has 1 amide bonds. The summed E-state index contributed by atoms with van der Waals surface area (Å²) in [4.78, 5) is 11.9. The molecule has 0 bridgehead atoms. The molecule has 6 heteroatoms. The quantitative estimate of drug-likeness (QED) is 0.783. The second kappa shape index (κ2) is 6.96. The first-order valence-electron chi connectivity index (χ1n) is 6.52. The Morgan fingerprint density at radius 3 is 2.18 bits per heavy atom. The molecule has 116 valence electrons. The molecule has 0 spiro atoms. The van der Waals surface area contributed by atoms with Gasteiger partial charge in [0.2, 0.25) is 0 Å². The molecule has 0 aromatic heterocycles. The number of carbonyl (C=O) groups excluding carboxylic acids is 1. The number of carbonyl (C=O) groups is 1. The number of rotatable bonds is 4. The van der Waals surface area contributed by atoms with Crippen LogP contribution in [-0.2, 0) is 6.18 Å². The third kappa shape index (κ3) is 4.34. The maximum atomic E-state index is 12.5. The Morgan fingerprint density at radius 1 is 1.05 bits per heavy atom. The normalized spacial score (nSPS) is 12.7. The lowest BCUT2D eigenvalue weighted by Crippen LogP contribution is -2.26. The van der Waals surface area contributed by atoms with Crippen LogP contribution in [0.5, 0.6) is 0 Å². The summed E-state index contributed by atoms with van der Waals surface area (Å²) < 4.78 is 37.4. The summed E-state index contributed by atoms with van der Waals surface area (Å²) in [5.74, 6) is -0.408. The Labute approximate surface area is 134 Å². The monoisotopic (exact) mass is 371 g/mol. The van der Waals surface area contributed by atoms with E-state index in [-0.39, 0.29) is 10.4 Å². The van der Waals surface area contributed by atoms with E-state index in [9.17, 15) is 18.0 Å². The van der Waals surface area contributed by atoms with E-state index in [1.165, 1.54) is 12.1 Å². The molecule has 2 rings (SSSR count). The molecule has 2 nitrogen and oxygen atoms in total. The van der Waals surface area contributed by atoms with Crippen LogP contribution in [0, 0.1) is 0 Å². The van der Waals surface area contributed by atoms with Gasteiger partial charge in [0.05, 0.1) is 10.4 Å². The number of alkyl halides is 4. The van der Waals surface area contributed by atoms with Crippen LogP contribution in [0.4, 0.5) is 13.2 Å². The third-order valence-corrected chi connectivity index (χ3v) is 3.93. The molecule has 1 N–H and O–H groups in total. The van der Waals surface area contributed by atoms with Crippen LogP contribution >= 0.6 is 15.9 Å². The summed E-state index contributed by atoms with van der Waals surface area (Å²) in [6.07, 6.45) is -4.40. The number of amides is 1. The van der Waals surface area contributed by atoms with Crippen LogP contribution in [0.2, 0.25) is 0 Å². The van der Waals surface area contributed by atoms with Crippen LogP contribution in [0.15, 0.2) is 54.6 Å². The Balaban J connectivity index is 1.95. The zero-order valence-electron chi connectivity index (χ0n) is 11.4. The predicted octanol–water partition coefficient (Wildman–Crippen LogP) is 4.57. The topological polar surface area (TPSA) is 29.1 Å². The average molecular weight is 372 g/mol. The van der Waals surface area contributed by atoms with Gasteiger partial charge in [0, 0.05) is 12.1 Å². The standard InChI is InChI=1S/C16H13BrF3NO/c17-14(11-4-2-1-3-5-11)10-21-15(22)12-6-8-13(9-7-12)16(18,19)20/h1-9,14H,10H2,(H,21,22). The fourth-order valence-electron chi connectivity index (χ4n) is 1.87. The van der Waals surface area contributed by atoms with Crippen molar-refractivity contribution in [3.05, 3.63) is 71.3 Å². The number of halogens is 4. The molecule has 0 saturated heterocycles. The van der Waals surface area contributed by atoms with Crippen molar-refractivity contribution >= 4 is 21.8 Å². The minimum absolute atomic E-state index is 0.0629. The van der Waals surface area contributed by atoms with Gasteiger partial charge in [-0.15, -0.1) is 0 Å². The minimum atomic E-state index is -4.40. The summed E-state index contributed by atoms with van der Waals surface area (Å²) in [5.41, 5.74) is 0.433. The van der Waals surface area contributed by atoms with Gasteiger partial charge >= 0.3 is 6.18 Å². The highest BCUT2D eigenvalue weighted by Crippen LogP contribution is 2.29. The highest BCUT2D eigenvalue weighted by molar-refractivity contribution is 9.09. The van der Waals surface area contributed by atoms with E-state index in [4.69, 9.17) is 0 Å². The first-order chi connectivity index (χ1) is 10.4. The van der Waals surface area contributed by atoms with Crippen molar-refractivity contribution in [2.75, 3.05) is 6.54 Å². The molecule has 0 radical (unpaired) electrons. The zero-order chi connectivity index (χ0) is 16.2. The molecule has 0 saturated carbocycles. The Morgan fingerprint density at radius 2 is 1.64 bits per heavy atom. The van der Waals surface area contributed by atoms with Crippen LogP contribution in [0.25, 0.3) is 0 Å². The molecule has 0 fully saturated rings. The van der Waals surface area contributed by atoms with E-state index in [0.29, 0.717) is 6.54 Å². The number of hydrogen-bond acceptors (Lipinski definition) is 1. The fraction of sp³-hybridized carbons (Fsp3) is 0.188. The van der Waals surface area contributed by atoms with Crippen molar-refractivity contribution in [3.8, 4) is 0 Å². The van der Waals surface area contributed by atoms with E-state index >= 15 is 0 Å². The van der Waals surface area contributed by atoms with E-state index < -0.39 is 17.6 Å². The summed E-state index contributed by atoms with van der Waals surface area (Å²) in [6.45, 7) is 0.337. The Hall–Kier alpha value is -1.82.